The third kappa shape index (κ3) is 2.56. The highest BCUT2D eigenvalue weighted by Gasteiger charge is 2.20. The lowest BCUT2D eigenvalue weighted by Crippen LogP contribution is -2.22. The third-order valence-corrected chi connectivity index (χ3v) is 5.40. The van der Waals surface area contributed by atoms with Crippen LogP contribution in [0.5, 0.6) is 0 Å². The van der Waals surface area contributed by atoms with Crippen molar-refractivity contribution in [1.82, 2.24) is 10.3 Å². The molecule has 0 saturated heterocycles. The number of anilines is 1. The molecule has 23 heavy (non-hydrogen) atoms. The van der Waals surface area contributed by atoms with Crippen molar-refractivity contribution >= 4 is 27.2 Å². The quantitative estimate of drug-likeness (QED) is 0.776. The number of nitrogens with zero attached hydrogens (tertiary/aromatic N) is 2. The van der Waals surface area contributed by atoms with E-state index in [-0.39, 0.29) is 0 Å². The Kier molecular flexibility index (Phi) is 3.70. The summed E-state index contributed by atoms with van der Waals surface area (Å²) in [6, 6.07) is 12.6. The summed E-state index contributed by atoms with van der Waals surface area (Å²) in [5.41, 5.74) is 4.24. The molecule has 0 amide bonds. The van der Waals surface area contributed by atoms with Crippen molar-refractivity contribution < 1.29 is 0 Å². The number of thiophene rings is 1. The number of nitriles is 1. The highest BCUT2D eigenvalue weighted by atomic mass is 32.1. The number of fused-ring (bicyclic) bond motifs is 2. The lowest BCUT2D eigenvalue weighted by molar-refractivity contribution is 0.654. The van der Waals surface area contributed by atoms with E-state index < -0.39 is 0 Å². The van der Waals surface area contributed by atoms with E-state index in [4.69, 9.17) is 0 Å². The van der Waals surface area contributed by atoms with Crippen LogP contribution >= 0.6 is 11.3 Å². The highest BCUT2D eigenvalue weighted by molar-refractivity contribution is 7.16. The molecule has 1 aliphatic heterocycles. The molecule has 2 aromatic heterocycles. The fraction of sp³-hybridized carbons (Fsp3) is 0.222. The van der Waals surface area contributed by atoms with Crippen LogP contribution in [0.25, 0.3) is 10.9 Å². The predicted molar refractivity (Wildman–Crippen MR) is 93.5 cm³/mol. The molecule has 0 radical (unpaired) electrons. The minimum absolute atomic E-state index is 0.699. The summed E-state index contributed by atoms with van der Waals surface area (Å²) in [5, 5.41) is 18.5. The zero-order valence-corrected chi connectivity index (χ0v) is 13.4. The van der Waals surface area contributed by atoms with Crippen LogP contribution in [0.1, 0.15) is 21.6 Å². The maximum atomic E-state index is 9.52. The van der Waals surface area contributed by atoms with Crippen molar-refractivity contribution in [2.24, 2.45) is 0 Å². The first-order valence-electron chi connectivity index (χ1n) is 7.68. The van der Waals surface area contributed by atoms with Gasteiger partial charge in [-0.15, -0.1) is 11.3 Å². The molecule has 0 unspecified atom stereocenters. The SMILES string of the molecule is N#Cc1c(NCc2cccc3ncccc23)sc2c1CCNC2. The zero-order chi connectivity index (χ0) is 15.6. The first-order valence-corrected chi connectivity index (χ1v) is 8.50. The Morgan fingerprint density at radius 2 is 2.26 bits per heavy atom. The molecular weight excluding hydrogens is 304 g/mol. The second-order valence-corrected chi connectivity index (χ2v) is 6.69. The van der Waals surface area contributed by atoms with Gasteiger partial charge in [0.25, 0.3) is 0 Å². The average Bonchev–Trinajstić information content (AvgIpc) is 2.97. The molecular formula is C18H16N4S. The maximum absolute atomic E-state index is 9.52. The summed E-state index contributed by atoms with van der Waals surface area (Å²) in [6.07, 6.45) is 2.75. The standard InChI is InChI=1S/C18H16N4S/c19-9-15-14-6-8-20-11-17(14)23-18(15)22-10-12-3-1-5-16-13(12)4-2-7-21-16/h1-5,7,20,22H,6,8,10-11H2. The van der Waals surface area contributed by atoms with Crippen LogP contribution in [-0.4, -0.2) is 11.5 Å². The average molecular weight is 320 g/mol. The highest BCUT2D eigenvalue weighted by Crippen LogP contribution is 2.35. The van der Waals surface area contributed by atoms with Gasteiger partial charge in [0.15, 0.2) is 0 Å². The second kappa shape index (κ2) is 5.99. The summed E-state index contributed by atoms with van der Waals surface area (Å²) in [5.74, 6) is 0. The van der Waals surface area contributed by atoms with Crippen LogP contribution < -0.4 is 10.6 Å². The third-order valence-electron chi connectivity index (χ3n) is 4.22. The number of aromatic nitrogens is 1. The minimum atomic E-state index is 0.699. The molecule has 1 aromatic carbocycles. The smallest absolute Gasteiger partial charge is 0.107 e. The molecule has 0 atom stereocenters. The fourth-order valence-corrected chi connectivity index (χ4v) is 4.24. The van der Waals surface area contributed by atoms with Crippen LogP contribution in [0, 0.1) is 11.3 Å². The normalized spacial score (nSPS) is 13.5. The van der Waals surface area contributed by atoms with Gasteiger partial charge < -0.3 is 10.6 Å². The van der Waals surface area contributed by atoms with Gasteiger partial charge in [-0.1, -0.05) is 18.2 Å². The monoisotopic (exact) mass is 320 g/mol. The molecule has 114 valence electrons. The molecule has 0 bridgehead atoms. The van der Waals surface area contributed by atoms with Crippen LogP contribution in [0.3, 0.4) is 0 Å². The van der Waals surface area contributed by atoms with Gasteiger partial charge in [0.05, 0.1) is 11.1 Å². The van der Waals surface area contributed by atoms with Crippen molar-refractivity contribution in [3.63, 3.8) is 0 Å². The Morgan fingerprint density at radius 1 is 1.30 bits per heavy atom. The van der Waals surface area contributed by atoms with Crippen molar-refractivity contribution in [2.45, 2.75) is 19.5 Å². The predicted octanol–water partition coefficient (Wildman–Crippen LogP) is 3.43. The van der Waals surface area contributed by atoms with Crippen molar-refractivity contribution in [1.29, 1.82) is 5.26 Å². The summed E-state index contributed by atoms with van der Waals surface area (Å²) in [4.78, 5) is 5.68. The molecule has 5 heteroatoms. The molecule has 3 aromatic rings. The molecule has 0 aliphatic carbocycles. The Balaban J connectivity index is 1.64. The van der Waals surface area contributed by atoms with Crippen LogP contribution in [-0.2, 0) is 19.5 Å². The van der Waals surface area contributed by atoms with Gasteiger partial charge in [-0.25, -0.2) is 0 Å². The van der Waals surface area contributed by atoms with Gasteiger partial charge in [0, 0.05) is 29.5 Å². The Bertz CT molecular complexity index is 902. The van der Waals surface area contributed by atoms with Gasteiger partial charge in [0.2, 0.25) is 0 Å². The largest absolute Gasteiger partial charge is 0.372 e. The molecule has 0 spiro atoms. The summed E-state index contributed by atoms with van der Waals surface area (Å²) >= 11 is 1.70. The maximum Gasteiger partial charge on any atom is 0.107 e. The van der Waals surface area contributed by atoms with E-state index >= 15 is 0 Å². The summed E-state index contributed by atoms with van der Waals surface area (Å²) < 4.78 is 0. The number of hydrogen-bond donors (Lipinski definition) is 2. The van der Waals surface area contributed by atoms with Gasteiger partial charge in [-0.05, 0) is 36.2 Å². The van der Waals surface area contributed by atoms with Crippen molar-refractivity contribution in [3.05, 3.63) is 58.1 Å². The second-order valence-electron chi connectivity index (χ2n) is 5.59. The van der Waals surface area contributed by atoms with E-state index in [1.165, 1.54) is 16.0 Å². The van der Waals surface area contributed by atoms with Crippen LogP contribution in [0.4, 0.5) is 5.00 Å². The van der Waals surface area contributed by atoms with E-state index in [0.29, 0.717) is 6.54 Å². The lowest BCUT2D eigenvalue weighted by Gasteiger charge is -2.11. The van der Waals surface area contributed by atoms with Crippen LogP contribution in [0.2, 0.25) is 0 Å². The Hall–Kier alpha value is -2.42. The molecule has 4 nitrogen and oxygen atoms in total. The first kappa shape index (κ1) is 14.2. The van der Waals surface area contributed by atoms with E-state index in [2.05, 4.69) is 33.8 Å². The summed E-state index contributed by atoms with van der Waals surface area (Å²) in [7, 11) is 0. The van der Waals surface area contributed by atoms with Crippen LogP contribution in [0.15, 0.2) is 36.5 Å². The number of pyridine rings is 1. The summed E-state index contributed by atoms with van der Waals surface area (Å²) in [6.45, 7) is 2.52. The van der Waals surface area contributed by atoms with E-state index in [0.717, 1.165) is 41.0 Å². The van der Waals surface area contributed by atoms with E-state index in [1.54, 1.807) is 11.3 Å². The molecule has 2 N–H and O–H groups in total. The van der Waals surface area contributed by atoms with E-state index in [9.17, 15) is 5.26 Å². The molecule has 3 heterocycles. The fourth-order valence-electron chi connectivity index (χ4n) is 3.07. The molecule has 1 aliphatic rings. The minimum Gasteiger partial charge on any atom is -0.372 e. The topological polar surface area (TPSA) is 60.7 Å². The van der Waals surface area contributed by atoms with Gasteiger partial charge in [-0.2, -0.15) is 5.26 Å². The number of benzene rings is 1. The lowest BCUT2D eigenvalue weighted by atomic mass is 10.0. The molecule has 0 fully saturated rings. The zero-order valence-electron chi connectivity index (χ0n) is 12.6. The molecule has 0 saturated carbocycles. The number of hydrogen-bond acceptors (Lipinski definition) is 5. The van der Waals surface area contributed by atoms with E-state index in [1.807, 2.05) is 24.4 Å². The first-order chi connectivity index (χ1) is 11.4. The van der Waals surface area contributed by atoms with Gasteiger partial charge >= 0.3 is 0 Å². The number of rotatable bonds is 3. The molecule has 4 rings (SSSR count). The Labute approximate surface area is 138 Å². The van der Waals surface area contributed by atoms with Gasteiger partial charge in [-0.3, -0.25) is 4.98 Å². The van der Waals surface area contributed by atoms with Crippen molar-refractivity contribution in [3.8, 4) is 6.07 Å². The number of nitrogens with one attached hydrogen (secondary N) is 2. The van der Waals surface area contributed by atoms with Gasteiger partial charge in [0.1, 0.15) is 11.1 Å². The van der Waals surface area contributed by atoms with Crippen molar-refractivity contribution in [2.75, 3.05) is 11.9 Å². The Morgan fingerprint density at radius 3 is 3.17 bits per heavy atom.